The van der Waals surface area contributed by atoms with Crippen LogP contribution in [0.25, 0.3) is 11.4 Å². The number of fused-ring (bicyclic) bond motifs is 1. The lowest BCUT2D eigenvalue weighted by atomic mass is 10.2. The van der Waals surface area contributed by atoms with E-state index in [1.165, 1.54) is 0 Å². The molecule has 0 radical (unpaired) electrons. The van der Waals surface area contributed by atoms with Gasteiger partial charge in [-0.25, -0.2) is 0 Å². The minimum atomic E-state index is 0.572. The van der Waals surface area contributed by atoms with Gasteiger partial charge in [-0.1, -0.05) is 35.5 Å². The van der Waals surface area contributed by atoms with E-state index in [1.807, 2.05) is 48.0 Å². The van der Waals surface area contributed by atoms with E-state index in [1.54, 1.807) is 18.9 Å². The molecule has 0 saturated heterocycles. The van der Waals surface area contributed by atoms with E-state index < -0.39 is 0 Å². The summed E-state index contributed by atoms with van der Waals surface area (Å²) in [5.74, 6) is 3.55. The second-order valence-corrected chi connectivity index (χ2v) is 7.66. The SMILES string of the molecule is COc1ccccc1-c1nnc(SCc2cc(Cl)c3c(c2)OCCCO3)n1C. The average molecular weight is 418 g/mol. The molecule has 146 valence electrons. The maximum absolute atomic E-state index is 6.39. The van der Waals surface area contributed by atoms with Crippen LogP contribution in [0.5, 0.6) is 17.2 Å². The van der Waals surface area contributed by atoms with Crippen molar-refractivity contribution in [1.82, 2.24) is 14.8 Å². The molecule has 3 aromatic rings. The zero-order valence-electron chi connectivity index (χ0n) is 15.6. The number of benzene rings is 2. The Bertz CT molecular complexity index is 993. The first-order chi connectivity index (χ1) is 13.7. The van der Waals surface area contributed by atoms with Crippen LogP contribution in [0.15, 0.2) is 41.6 Å². The largest absolute Gasteiger partial charge is 0.496 e. The molecule has 0 saturated carbocycles. The van der Waals surface area contributed by atoms with Crippen molar-refractivity contribution in [1.29, 1.82) is 0 Å². The number of methoxy groups -OCH3 is 1. The van der Waals surface area contributed by atoms with Crippen molar-refractivity contribution in [2.45, 2.75) is 17.3 Å². The first-order valence-corrected chi connectivity index (χ1v) is 10.3. The van der Waals surface area contributed by atoms with Gasteiger partial charge in [-0.3, -0.25) is 0 Å². The summed E-state index contributed by atoms with van der Waals surface area (Å²) < 4.78 is 18.9. The molecule has 8 heteroatoms. The number of thioether (sulfide) groups is 1. The number of hydrogen-bond acceptors (Lipinski definition) is 6. The Kier molecular flexibility index (Phi) is 5.64. The van der Waals surface area contributed by atoms with Crippen molar-refractivity contribution in [2.75, 3.05) is 20.3 Å². The summed E-state index contributed by atoms with van der Waals surface area (Å²) >= 11 is 7.98. The molecule has 6 nitrogen and oxygen atoms in total. The van der Waals surface area contributed by atoms with Crippen LogP contribution in [0.1, 0.15) is 12.0 Å². The van der Waals surface area contributed by atoms with Crippen molar-refractivity contribution in [3.63, 3.8) is 0 Å². The normalized spacial score (nSPS) is 13.2. The number of para-hydroxylation sites is 1. The highest BCUT2D eigenvalue weighted by atomic mass is 35.5. The van der Waals surface area contributed by atoms with Gasteiger partial charge in [0.2, 0.25) is 0 Å². The van der Waals surface area contributed by atoms with E-state index >= 15 is 0 Å². The van der Waals surface area contributed by atoms with Gasteiger partial charge in [0, 0.05) is 19.2 Å². The van der Waals surface area contributed by atoms with Gasteiger partial charge in [-0.2, -0.15) is 0 Å². The molecule has 0 spiro atoms. The van der Waals surface area contributed by atoms with Gasteiger partial charge in [0.1, 0.15) is 5.75 Å². The number of rotatable bonds is 5. The molecule has 0 bridgehead atoms. The first kappa shape index (κ1) is 19.0. The van der Waals surface area contributed by atoms with E-state index in [0.29, 0.717) is 35.5 Å². The Hall–Kier alpha value is -2.38. The second-order valence-electron chi connectivity index (χ2n) is 6.31. The fourth-order valence-corrected chi connectivity index (χ4v) is 4.15. The van der Waals surface area contributed by atoms with E-state index in [4.69, 9.17) is 25.8 Å². The molecule has 2 heterocycles. The Morgan fingerprint density at radius 3 is 2.86 bits per heavy atom. The average Bonchev–Trinajstić information content (AvgIpc) is 2.90. The monoisotopic (exact) mass is 417 g/mol. The van der Waals surface area contributed by atoms with Crippen molar-refractivity contribution in [3.8, 4) is 28.6 Å². The minimum Gasteiger partial charge on any atom is -0.496 e. The van der Waals surface area contributed by atoms with Crippen molar-refractivity contribution in [3.05, 3.63) is 47.0 Å². The summed E-state index contributed by atoms with van der Waals surface area (Å²) in [4.78, 5) is 0. The van der Waals surface area contributed by atoms with Gasteiger partial charge >= 0.3 is 0 Å². The smallest absolute Gasteiger partial charge is 0.191 e. The number of nitrogens with zero attached hydrogens (tertiary/aromatic N) is 3. The number of aromatic nitrogens is 3. The predicted octanol–water partition coefficient (Wildman–Crippen LogP) is 4.60. The summed E-state index contributed by atoms with van der Waals surface area (Å²) in [5.41, 5.74) is 1.95. The van der Waals surface area contributed by atoms with Crippen molar-refractivity contribution >= 4 is 23.4 Å². The number of hydrogen-bond donors (Lipinski definition) is 0. The molecule has 0 unspecified atom stereocenters. The van der Waals surface area contributed by atoms with Gasteiger partial charge < -0.3 is 18.8 Å². The van der Waals surface area contributed by atoms with Crippen molar-refractivity contribution < 1.29 is 14.2 Å². The minimum absolute atomic E-state index is 0.572. The fourth-order valence-electron chi connectivity index (χ4n) is 3.02. The second kappa shape index (κ2) is 8.32. The molecule has 0 amide bonds. The summed E-state index contributed by atoms with van der Waals surface area (Å²) in [6, 6.07) is 11.7. The lowest BCUT2D eigenvalue weighted by molar-refractivity contribution is 0.297. The van der Waals surface area contributed by atoms with Crippen LogP contribution in [0.3, 0.4) is 0 Å². The third-order valence-corrected chi connectivity index (χ3v) is 5.78. The van der Waals surface area contributed by atoms with Gasteiger partial charge in [0.05, 0.1) is 30.9 Å². The van der Waals surface area contributed by atoms with Crippen LogP contribution >= 0.6 is 23.4 Å². The lowest BCUT2D eigenvalue weighted by Crippen LogP contribution is -1.97. The van der Waals surface area contributed by atoms with Gasteiger partial charge in [-0.05, 0) is 29.8 Å². The molecule has 1 aliphatic heterocycles. The highest BCUT2D eigenvalue weighted by molar-refractivity contribution is 7.98. The predicted molar refractivity (Wildman–Crippen MR) is 110 cm³/mol. The summed E-state index contributed by atoms with van der Waals surface area (Å²) in [5, 5.41) is 10.1. The third kappa shape index (κ3) is 3.77. The Morgan fingerprint density at radius 1 is 1.18 bits per heavy atom. The van der Waals surface area contributed by atoms with Gasteiger partial charge in [-0.15, -0.1) is 10.2 Å². The van der Waals surface area contributed by atoms with Crippen LogP contribution in [0.4, 0.5) is 0 Å². The van der Waals surface area contributed by atoms with Gasteiger partial charge in [0.15, 0.2) is 22.5 Å². The number of ether oxygens (including phenoxy) is 3. The maximum atomic E-state index is 6.39. The van der Waals surface area contributed by atoms with Crippen LogP contribution in [-0.4, -0.2) is 35.1 Å². The van der Waals surface area contributed by atoms with E-state index in [9.17, 15) is 0 Å². The van der Waals surface area contributed by atoms with Crippen LogP contribution in [0.2, 0.25) is 5.02 Å². The van der Waals surface area contributed by atoms with Gasteiger partial charge in [0.25, 0.3) is 0 Å². The molecule has 1 aromatic heterocycles. The topological polar surface area (TPSA) is 58.4 Å². The molecule has 0 fully saturated rings. The Labute approximate surface area is 172 Å². The molecule has 0 aliphatic carbocycles. The molecule has 4 rings (SSSR count). The highest BCUT2D eigenvalue weighted by Gasteiger charge is 2.18. The molecule has 0 N–H and O–H groups in total. The first-order valence-electron chi connectivity index (χ1n) is 8.91. The highest BCUT2D eigenvalue weighted by Crippen LogP contribution is 2.39. The summed E-state index contributed by atoms with van der Waals surface area (Å²) in [7, 11) is 3.60. The Balaban J connectivity index is 1.54. The standard InChI is InChI=1S/C20H20ClN3O3S/c1-24-19(14-6-3-4-7-16(14)25-2)22-23-20(24)28-12-13-10-15(21)18-17(11-13)26-8-5-9-27-18/h3-4,6-7,10-11H,5,8-9,12H2,1-2H3. The zero-order chi connectivity index (χ0) is 19.5. The van der Waals surface area contributed by atoms with E-state index in [2.05, 4.69) is 10.2 Å². The van der Waals surface area contributed by atoms with E-state index in [0.717, 1.165) is 34.3 Å². The zero-order valence-corrected chi connectivity index (χ0v) is 17.2. The summed E-state index contributed by atoms with van der Waals surface area (Å²) in [6.45, 7) is 1.25. The molecule has 0 atom stereocenters. The summed E-state index contributed by atoms with van der Waals surface area (Å²) in [6.07, 6.45) is 0.847. The Morgan fingerprint density at radius 2 is 2.00 bits per heavy atom. The molecule has 2 aromatic carbocycles. The molecule has 1 aliphatic rings. The quantitative estimate of drug-likeness (QED) is 0.565. The van der Waals surface area contributed by atoms with Crippen LogP contribution < -0.4 is 14.2 Å². The fraction of sp³-hybridized carbons (Fsp3) is 0.300. The molecular weight excluding hydrogens is 398 g/mol. The lowest BCUT2D eigenvalue weighted by Gasteiger charge is -2.11. The van der Waals surface area contributed by atoms with Crippen molar-refractivity contribution in [2.24, 2.45) is 7.05 Å². The van der Waals surface area contributed by atoms with Crippen LogP contribution in [-0.2, 0) is 12.8 Å². The van der Waals surface area contributed by atoms with E-state index in [-0.39, 0.29) is 0 Å². The van der Waals surface area contributed by atoms with Crippen LogP contribution in [0, 0.1) is 0 Å². The molecule has 28 heavy (non-hydrogen) atoms. The molecular formula is C20H20ClN3O3S. The number of halogens is 1. The maximum Gasteiger partial charge on any atom is 0.191 e. The third-order valence-electron chi connectivity index (χ3n) is 4.41.